The maximum Gasteiger partial charge on any atom is 0.170 e. The number of rotatable bonds is 2. The van der Waals surface area contributed by atoms with Crippen molar-refractivity contribution in [3.63, 3.8) is 0 Å². The molecule has 0 aromatic carbocycles. The van der Waals surface area contributed by atoms with Crippen LogP contribution in [0.15, 0.2) is 11.8 Å². The lowest BCUT2D eigenvalue weighted by Crippen LogP contribution is -2.56. The lowest BCUT2D eigenvalue weighted by atomic mass is 9.44. The number of hydrogen-bond donors (Lipinski definition) is 2. The van der Waals surface area contributed by atoms with Crippen molar-refractivity contribution in [2.24, 2.45) is 34.5 Å². The first-order valence-corrected chi connectivity index (χ1v) is 20.0. The van der Waals surface area contributed by atoms with Crippen molar-refractivity contribution in [3.05, 3.63) is 11.8 Å². The van der Waals surface area contributed by atoms with E-state index in [0.29, 0.717) is 35.7 Å². The topological polar surface area (TPSA) is 66.8 Å². The number of carbonyl (C=O) groups is 1. The fraction of sp³-hybridized carbons (Fsp3) is 0.889. The lowest BCUT2D eigenvalue weighted by molar-refractivity contribution is -0.147. The maximum absolute atomic E-state index is 12.2. The van der Waals surface area contributed by atoms with Gasteiger partial charge in [-0.25, -0.2) is 0 Å². The predicted octanol–water partition coefficient (Wildman–Crippen LogP) is 7.07. The number of ketones is 1. The third-order valence-corrected chi connectivity index (χ3v) is 14.7. The molecule has 6 heteroatoms. The normalized spacial score (nSPS) is 44.4. The minimum atomic E-state index is -1.23. The Balaban J connectivity index is 0.000000292. The van der Waals surface area contributed by atoms with Crippen LogP contribution in [0.2, 0.25) is 39.3 Å². The number of allylic oxidation sites excluding steroid dienone is 1. The standard InChI is InChI=1S/C21H32O3.C6H18OSi2/c1-19-11-13(12-22)18(23)10-14(19)4-5-15-16(19)6-8-20(2)17(15)7-9-21(20,3)24;1-8(2,3)7-9(4,5)6/h12,14-17,22,24H,4-11H2,1-3H3;1-6H3/b13-12-;/t14-,15+,16-,17-,19-,20-,21-;/m0./s1. The van der Waals surface area contributed by atoms with Crippen LogP contribution in [0.5, 0.6) is 0 Å². The van der Waals surface area contributed by atoms with Gasteiger partial charge in [0.25, 0.3) is 0 Å². The zero-order valence-corrected chi connectivity index (χ0v) is 24.8. The molecule has 4 rings (SSSR count). The summed E-state index contributed by atoms with van der Waals surface area (Å²) in [5.74, 6) is 2.55. The Morgan fingerprint density at radius 2 is 1.48 bits per heavy atom. The summed E-state index contributed by atoms with van der Waals surface area (Å²) in [6.45, 7) is 20.2. The van der Waals surface area contributed by atoms with Gasteiger partial charge in [0.1, 0.15) is 0 Å². The van der Waals surface area contributed by atoms with Gasteiger partial charge in [-0.05, 0) is 126 Å². The zero-order chi connectivity index (χ0) is 25.0. The van der Waals surface area contributed by atoms with E-state index >= 15 is 0 Å². The molecule has 0 aromatic rings. The largest absolute Gasteiger partial charge is 0.515 e. The van der Waals surface area contributed by atoms with Crippen LogP contribution in [0.25, 0.3) is 0 Å². The summed E-state index contributed by atoms with van der Waals surface area (Å²) in [7, 11) is -2.46. The first kappa shape index (κ1) is 27.2. The van der Waals surface area contributed by atoms with Gasteiger partial charge in [0.15, 0.2) is 22.4 Å². The van der Waals surface area contributed by atoms with Gasteiger partial charge in [-0.3, -0.25) is 4.79 Å². The van der Waals surface area contributed by atoms with Crippen molar-refractivity contribution < 1.29 is 19.1 Å². The highest BCUT2D eigenvalue weighted by Gasteiger charge is 2.63. The van der Waals surface area contributed by atoms with Gasteiger partial charge in [0.2, 0.25) is 0 Å². The summed E-state index contributed by atoms with van der Waals surface area (Å²) in [6.07, 6.45) is 9.11. The molecule has 33 heavy (non-hydrogen) atoms. The molecule has 0 bridgehead atoms. The first-order valence-electron chi connectivity index (χ1n) is 13.2. The number of aliphatic hydroxyl groups excluding tert-OH is 1. The third-order valence-electron chi connectivity index (χ3n) is 9.76. The Labute approximate surface area is 204 Å². The lowest BCUT2D eigenvalue weighted by Gasteiger charge is -2.61. The number of carbonyl (C=O) groups excluding carboxylic acids is 1. The van der Waals surface area contributed by atoms with Crippen LogP contribution < -0.4 is 0 Å². The smallest absolute Gasteiger partial charge is 0.170 e. The highest BCUT2D eigenvalue weighted by molar-refractivity contribution is 6.83. The Hall–Kier alpha value is -0.436. The van der Waals surface area contributed by atoms with Gasteiger partial charge >= 0.3 is 0 Å². The summed E-state index contributed by atoms with van der Waals surface area (Å²) in [4.78, 5) is 12.2. The second-order valence-electron chi connectivity index (χ2n) is 14.2. The quantitative estimate of drug-likeness (QED) is 0.245. The first-order chi connectivity index (χ1) is 14.9. The molecule has 0 saturated heterocycles. The van der Waals surface area contributed by atoms with Crippen molar-refractivity contribution in [1.29, 1.82) is 0 Å². The van der Waals surface area contributed by atoms with Crippen molar-refractivity contribution in [1.82, 2.24) is 0 Å². The Bertz CT molecular complexity index is 766. The summed E-state index contributed by atoms with van der Waals surface area (Å²) < 4.78 is 5.90. The molecule has 0 heterocycles. The molecule has 0 aliphatic heterocycles. The van der Waals surface area contributed by atoms with Crippen LogP contribution in [0.3, 0.4) is 0 Å². The predicted molar refractivity (Wildman–Crippen MR) is 141 cm³/mol. The van der Waals surface area contributed by atoms with Crippen LogP contribution in [-0.4, -0.2) is 38.2 Å². The number of aliphatic hydroxyl groups is 2. The Morgan fingerprint density at radius 3 is 2.00 bits per heavy atom. The summed E-state index contributed by atoms with van der Waals surface area (Å²) in [5, 5.41) is 20.5. The van der Waals surface area contributed by atoms with Gasteiger partial charge < -0.3 is 14.3 Å². The minimum absolute atomic E-state index is 0.0531. The highest BCUT2D eigenvalue weighted by atomic mass is 28.4. The van der Waals surface area contributed by atoms with Crippen LogP contribution in [-0.2, 0) is 8.91 Å². The van der Waals surface area contributed by atoms with Crippen LogP contribution in [0.1, 0.15) is 72.1 Å². The molecular weight excluding hydrogens is 444 g/mol. The summed E-state index contributed by atoms with van der Waals surface area (Å²) in [6, 6.07) is 0. The van der Waals surface area contributed by atoms with Crippen LogP contribution >= 0.6 is 0 Å². The Kier molecular flexibility index (Phi) is 7.32. The minimum Gasteiger partial charge on any atom is -0.515 e. The van der Waals surface area contributed by atoms with Crippen molar-refractivity contribution in [2.45, 2.75) is 117 Å². The molecule has 0 spiro atoms. The van der Waals surface area contributed by atoms with E-state index < -0.39 is 22.2 Å². The van der Waals surface area contributed by atoms with E-state index in [2.05, 4.69) is 53.1 Å². The molecule has 190 valence electrons. The molecule has 4 nitrogen and oxygen atoms in total. The Morgan fingerprint density at radius 1 is 0.909 bits per heavy atom. The van der Waals surface area contributed by atoms with Gasteiger partial charge in [-0.1, -0.05) is 13.8 Å². The molecule has 4 saturated carbocycles. The van der Waals surface area contributed by atoms with Crippen LogP contribution in [0.4, 0.5) is 0 Å². The molecule has 7 atom stereocenters. The fourth-order valence-electron chi connectivity index (χ4n) is 8.29. The van der Waals surface area contributed by atoms with E-state index in [1.807, 2.05) is 6.92 Å². The van der Waals surface area contributed by atoms with E-state index in [0.717, 1.165) is 44.8 Å². The fourth-order valence-corrected chi connectivity index (χ4v) is 15.6. The number of fused-ring (bicyclic) bond motifs is 5. The third kappa shape index (κ3) is 5.24. The van der Waals surface area contributed by atoms with E-state index in [1.54, 1.807) is 0 Å². The number of hydrogen-bond acceptors (Lipinski definition) is 4. The molecule has 0 radical (unpaired) electrons. The monoisotopic (exact) mass is 494 g/mol. The summed E-state index contributed by atoms with van der Waals surface area (Å²) >= 11 is 0. The van der Waals surface area contributed by atoms with E-state index in [4.69, 9.17) is 4.12 Å². The molecule has 4 aliphatic rings. The second kappa shape index (κ2) is 8.90. The van der Waals surface area contributed by atoms with E-state index in [9.17, 15) is 15.0 Å². The average molecular weight is 495 g/mol. The van der Waals surface area contributed by atoms with Crippen molar-refractivity contribution in [2.75, 3.05) is 0 Å². The van der Waals surface area contributed by atoms with Gasteiger partial charge in [-0.15, -0.1) is 0 Å². The molecule has 0 amide bonds. The molecule has 2 N–H and O–H groups in total. The summed E-state index contributed by atoms with van der Waals surface area (Å²) in [5.41, 5.74) is 0.304. The van der Waals surface area contributed by atoms with Crippen molar-refractivity contribution >= 4 is 22.4 Å². The van der Waals surface area contributed by atoms with Gasteiger partial charge in [0.05, 0.1) is 11.9 Å². The molecule has 4 aliphatic carbocycles. The van der Waals surface area contributed by atoms with Crippen molar-refractivity contribution in [3.8, 4) is 0 Å². The van der Waals surface area contributed by atoms with Gasteiger partial charge in [-0.2, -0.15) is 0 Å². The molecule has 0 unspecified atom stereocenters. The zero-order valence-electron chi connectivity index (χ0n) is 22.8. The molecule has 4 fully saturated rings. The average Bonchev–Trinajstić information content (AvgIpc) is 2.89. The van der Waals surface area contributed by atoms with E-state index in [-0.39, 0.29) is 16.6 Å². The second-order valence-corrected chi connectivity index (χ2v) is 23.5. The maximum atomic E-state index is 12.2. The van der Waals surface area contributed by atoms with Crippen LogP contribution in [0, 0.1) is 34.5 Å². The number of Topliss-reactive ketones (excluding diaryl/α,β-unsaturated/α-hetero) is 1. The SMILES string of the molecule is C[C@]12C/C(=C/O)C(=O)C[C@@H]1CC[C@@H]1[C@@H]2CC[C@@]2(C)[C@H]1CC[C@]2(C)O.C[Si](C)(C)O[Si](C)(C)C. The molecule has 0 aromatic heterocycles. The van der Waals surface area contributed by atoms with E-state index in [1.165, 1.54) is 6.42 Å². The molecular formula is C27H50O4Si2. The highest BCUT2D eigenvalue weighted by Crippen LogP contribution is 2.68. The van der Waals surface area contributed by atoms with Gasteiger partial charge in [0, 0.05) is 12.0 Å².